The highest BCUT2D eigenvalue weighted by Gasteiger charge is 2.72. The molecule has 4 aliphatic rings. The molecule has 4 unspecified atom stereocenters. The minimum atomic E-state index is -4.59. The summed E-state index contributed by atoms with van der Waals surface area (Å²) in [4.78, 5) is 30.2. The number of anilines is 2. The smallest absolute Gasteiger partial charge is 0.433 e. The molecule has 0 aromatic heterocycles. The van der Waals surface area contributed by atoms with Crippen LogP contribution in [0.25, 0.3) is 0 Å². The summed E-state index contributed by atoms with van der Waals surface area (Å²) < 4.78 is 50.2. The largest absolute Gasteiger partial charge is 0.454 e. The Hall–Kier alpha value is -3.22. The number of ether oxygens (including phenoxy) is 2. The molecular weight excluding hydrogens is 473 g/mol. The summed E-state index contributed by atoms with van der Waals surface area (Å²) in [5.41, 5.74) is -0.355. The van der Waals surface area contributed by atoms with Gasteiger partial charge in [0.1, 0.15) is 11.7 Å². The van der Waals surface area contributed by atoms with Crippen LogP contribution in [0, 0.1) is 0 Å². The van der Waals surface area contributed by atoms with E-state index < -0.39 is 35.8 Å². The quantitative estimate of drug-likeness (QED) is 0.402. The van der Waals surface area contributed by atoms with Gasteiger partial charge < -0.3 is 14.8 Å². The number of thiocarbonyl (C=S) groups is 1. The number of hydrogen-bond donors (Lipinski definition) is 1. The maximum absolute atomic E-state index is 13.7. The van der Waals surface area contributed by atoms with E-state index in [1.54, 1.807) is 18.2 Å². The predicted octanol–water partition coefficient (Wildman–Crippen LogP) is 3.18. The first-order chi connectivity index (χ1) is 16.2. The lowest BCUT2D eigenvalue weighted by Gasteiger charge is -2.34. The molecule has 4 aliphatic heterocycles. The summed E-state index contributed by atoms with van der Waals surface area (Å²) >= 11 is 5.67. The first-order valence-corrected chi connectivity index (χ1v) is 11.0. The van der Waals surface area contributed by atoms with Crippen molar-refractivity contribution in [3.63, 3.8) is 0 Å². The van der Waals surface area contributed by atoms with Gasteiger partial charge in [0.25, 0.3) is 5.91 Å². The number of nitrogens with zero attached hydrogens (tertiary/aromatic N) is 3. The zero-order valence-corrected chi connectivity index (χ0v) is 18.4. The molecule has 2 aromatic rings. The molecule has 1 N–H and O–H groups in total. The number of piperazine rings is 1. The van der Waals surface area contributed by atoms with Crippen LogP contribution in [0.15, 0.2) is 42.5 Å². The number of fused-ring (bicyclic) bond motifs is 2. The molecule has 8 nitrogen and oxygen atoms in total. The van der Waals surface area contributed by atoms with Gasteiger partial charge in [-0.05, 0) is 30.3 Å². The summed E-state index contributed by atoms with van der Waals surface area (Å²) in [6.45, 7) is 1.22. The Labute approximate surface area is 197 Å². The van der Waals surface area contributed by atoms with Gasteiger partial charge in [0.05, 0.1) is 24.3 Å². The molecule has 3 fully saturated rings. The van der Waals surface area contributed by atoms with Gasteiger partial charge in [0.2, 0.25) is 6.79 Å². The average molecular weight is 491 g/mol. The van der Waals surface area contributed by atoms with Gasteiger partial charge in [-0.1, -0.05) is 18.3 Å². The number of imide groups is 1. The maximum atomic E-state index is 13.7. The molecular formula is C22H18F3N4O4S+. The first-order valence-electron chi connectivity index (χ1n) is 10.5. The van der Waals surface area contributed by atoms with E-state index >= 15 is 0 Å². The van der Waals surface area contributed by atoms with Crippen molar-refractivity contribution in [1.29, 1.82) is 0 Å². The summed E-state index contributed by atoms with van der Waals surface area (Å²) in [7, 11) is 0. The topological polar surface area (TPSA) is 71.1 Å². The number of halogens is 3. The number of benzene rings is 2. The van der Waals surface area contributed by atoms with E-state index in [0.29, 0.717) is 35.3 Å². The Morgan fingerprint density at radius 2 is 1.88 bits per heavy atom. The van der Waals surface area contributed by atoms with Gasteiger partial charge in [-0.15, -0.1) is 0 Å². The van der Waals surface area contributed by atoms with Gasteiger partial charge >= 0.3 is 12.2 Å². The minimum Gasteiger partial charge on any atom is -0.454 e. The van der Waals surface area contributed by atoms with Crippen molar-refractivity contribution < 1.29 is 36.7 Å². The molecule has 0 radical (unpaired) electrons. The van der Waals surface area contributed by atoms with E-state index in [9.17, 15) is 22.8 Å². The zero-order valence-electron chi connectivity index (χ0n) is 17.5. The molecule has 34 heavy (non-hydrogen) atoms. The number of rotatable bonds is 3. The van der Waals surface area contributed by atoms with Gasteiger partial charge in [-0.3, -0.25) is 4.79 Å². The van der Waals surface area contributed by atoms with Crippen LogP contribution in [0.2, 0.25) is 0 Å². The predicted molar refractivity (Wildman–Crippen MR) is 117 cm³/mol. The summed E-state index contributed by atoms with van der Waals surface area (Å²) in [5.74, 6) is 0.672. The van der Waals surface area contributed by atoms with E-state index in [1.807, 2.05) is 4.90 Å². The lowest BCUT2D eigenvalue weighted by Crippen LogP contribution is -2.63. The van der Waals surface area contributed by atoms with Crippen LogP contribution in [0.3, 0.4) is 0 Å². The van der Waals surface area contributed by atoms with Gasteiger partial charge in [0, 0.05) is 11.8 Å². The van der Waals surface area contributed by atoms with Crippen LogP contribution in [0.5, 0.6) is 11.5 Å². The Balaban J connectivity index is 1.31. The SMILES string of the molecule is O=C1C2CN3CC(C(=S)Nc4ccc5c(c4)OCO5)[N+]2(C3)C(=O)N1c1cccc(C(F)(F)F)c1. The van der Waals surface area contributed by atoms with Crippen LogP contribution in [0.1, 0.15) is 5.56 Å². The molecule has 3 saturated heterocycles. The molecule has 12 heteroatoms. The van der Waals surface area contributed by atoms with Gasteiger partial charge in [0.15, 0.2) is 23.6 Å². The van der Waals surface area contributed by atoms with Gasteiger partial charge in [-0.25, -0.2) is 14.2 Å². The van der Waals surface area contributed by atoms with E-state index in [2.05, 4.69) is 5.32 Å². The second-order valence-corrected chi connectivity index (χ2v) is 9.14. The Morgan fingerprint density at radius 3 is 2.68 bits per heavy atom. The number of carbonyl (C=O) groups is 2. The van der Waals surface area contributed by atoms with Crippen LogP contribution >= 0.6 is 12.2 Å². The number of nitrogens with one attached hydrogen (secondary N) is 1. The summed E-state index contributed by atoms with van der Waals surface area (Å²) in [5, 5.41) is 3.15. The van der Waals surface area contributed by atoms with E-state index in [1.165, 1.54) is 12.1 Å². The van der Waals surface area contributed by atoms with Crippen LogP contribution < -0.4 is 19.7 Å². The van der Waals surface area contributed by atoms with E-state index in [4.69, 9.17) is 21.7 Å². The number of amides is 3. The van der Waals surface area contributed by atoms with Crippen molar-refractivity contribution in [1.82, 2.24) is 4.90 Å². The van der Waals surface area contributed by atoms with Crippen molar-refractivity contribution in [2.45, 2.75) is 18.3 Å². The molecule has 0 saturated carbocycles. The van der Waals surface area contributed by atoms with Crippen molar-refractivity contribution in [2.24, 2.45) is 0 Å². The third kappa shape index (κ3) is 2.95. The highest BCUT2D eigenvalue weighted by atomic mass is 32.1. The molecule has 1 spiro atoms. The molecule has 3 amide bonds. The van der Waals surface area contributed by atoms with Crippen molar-refractivity contribution in [3.05, 3.63) is 48.0 Å². The maximum Gasteiger partial charge on any atom is 0.433 e. The summed E-state index contributed by atoms with van der Waals surface area (Å²) in [6, 6.07) is 7.73. The molecule has 2 aromatic carbocycles. The Bertz CT molecular complexity index is 1250. The minimum absolute atomic E-state index is 0.0847. The second-order valence-electron chi connectivity index (χ2n) is 8.70. The van der Waals surface area contributed by atoms with Crippen molar-refractivity contribution in [2.75, 3.05) is 36.8 Å². The third-order valence-corrected chi connectivity index (χ3v) is 7.21. The fourth-order valence-corrected chi connectivity index (χ4v) is 5.68. The van der Waals surface area contributed by atoms with Crippen LogP contribution in [0.4, 0.5) is 29.3 Å². The van der Waals surface area contributed by atoms with Gasteiger partial charge in [-0.2, -0.15) is 18.1 Å². The first kappa shape index (κ1) is 21.3. The van der Waals surface area contributed by atoms with Crippen LogP contribution in [-0.4, -0.2) is 64.9 Å². The number of carbonyl (C=O) groups excluding carboxylic acids is 2. The third-order valence-electron chi connectivity index (χ3n) is 6.84. The fraction of sp³-hybridized carbons (Fsp3) is 0.318. The van der Waals surface area contributed by atoms with E-state index in [0.717, 1.165) is 17.0 Å². The zero-order chi connectivity index (χ0) is 23.8. The van der Waals surface area contributed by atoms with Crippen LogP contribution in [-0.2, 0) is 11.0 Å². The normalized spacial score (nSPS) is 29.0. The number of alkyl halides is 3. The Kier molecular flexibility index (Phi) is 4.48. The molecule has 2 bridgehead atoms. The lowest BCUT2D eigenvalue weighted by molar-refractivity contribution is -0.851. The number of hydrogen-bond acceptors (Lipinski definition) is 6. The van der Waals surface area contributed by atoms with Crippen molar-refractivity contribution in [3.8, 4) is 11.5 Å². The monoisotopic (exact) mass is 491 g/mol. The van der Waals surface area contributed by atoms with E-state index in [-0.39, 0.29) is 23.6 Å². The highest BCUT2D eigenvalue weighted by molar-refractivity contribution is 7.80. The lowest BCUT2D eigenvalue weighted by atomic mass is 10.1. The fourth-order valence-electron chi connectivity index (χ4n) is 5.30. The standard InChI is InChI=1S/C22H17F3N4O4S/c23-22(24,25)12-2-1-3-14(6-12)28-20(30)16-9-27-8-15(29(16,10-27)21(28)31)19(34)26-13-4-5-17-18(7-13)33-11-32-17/h1-7,15-16H,8-11H2/p+1. The van der Waals surface area contributed by atoms with Crippen molar-refractivity contribution >= 4 is 40.5 Å². The molecule has 0 aliphatic carbocycles. The molecule has 4 atom stereocenters. The Morgan fingerprint density at radius 1 is 1.09 bits per heavy atom. The number of quaternary nitrogens is 1. The average Bonchev–Trinajstić information content (AvgIpc) is 3.55. The highest BCUT2D eigenvalue weighted by Crippen LogP contribution is 2.44. The number of urea groups is 1. The molecule has 6 rings (SSSR count). The molecule has 4 heterocycles. The second kappa shape index (κ2) is 7.14. The summed E-state index contributed by atoms with van der Waals surface area (Å²) in [6.07, 6.45) is -4.59. The molecule has 176 valence electrons.